The SMILES string of the molecule is COc1ccc(C(=O)N2CCC(Nc3ccc(C=CC(=O)NO)cn3)CC2)cc1.Cl. The zero-order valence-corrected chi connectivity index (χ0v) is 17.4. The van der Waals surface area contributed by atoms with Crippen LogP contribution in [-0.4, -0.2) is 53.1 Å². The summed E-state index contributed by atoms with van der Waals surface area (Å²) in [4.78, 5) is 29.8. The van der Waals surface area contributed by atoms with Crippen molar-refractivity contribution in [3.05, 3.63) is 59.8 Å². The fraction of sp³-hybridized carbons (Fsp3) is 0.286. The van der Waals surface area contributed by atoms with E-state index in [4.69, 9.17) is 9.94 Å². The van der Waals surface area contributed by atoms with E-state index in [-0.39, 0.29) is 24.4 Å². The van der Waals surface area contributed by atoms with Gasteiger partial charge in [-0.3, -0.25) is 14.8 Å². The van der Waals surface area contributed by atoms with Gasteiger partial charge in [0.2, 0.25) is 0 Å². The molecule has 1 aliphatic heterocycles. The van der Waals surface area contributed by atoms with E-state index < -0.39 is 5.91 Å². The fourth-order valence-corrected chi connectivity index (χ4v) is 3.15. The number of nitrogens with zero attached hydrogens (tertiary/aromatic N) is 2. The van der Waals surface area contributed by atoms with Gasteiger partial charge in [0, 0.05) is 37.0 Å². The van der Waals surface area contributed by atoms with Crippen LogP contribution < -0.4 is 15.5 Å². The molecule has 1 aliphatic rings. The second-order valence-electron chi connectivity index (χ2n) is 6.73. The summed E-state index contributed by atoms with van der Waals surface area (Å²) in [7, 11) is 1.60. The zero-order valence-electron chi connectivity index (χ0n) is 16.6. The number of amides is 2. The number of carbonyl (C=O) groups excluding carboxylic acids is 2. The molecular weight excluding hydrogens is 408 g/mol. The standard InChI is InChI=1S/C21H24N4O4.ClH/c1-29-18-6-4-16(5-7-18)21(27)25-12-10-17(11-13-25)23-19-8-2-15(14-22-19)3-9-20(26)24-28;/h2-9,14,17,28H,10-13H2,1H3,(H,22,23)(H,24,26);1H. The highest BCUT2D eigenvalue weighted by Crippen LogP contribution is 2.19. The summed E-state index contributed by atoms with van der Waals surface area (Å²) in [6.07, 6.45) is 6.10. The average Bonchev–Trinajstić information content (AvgIpc) is 2.78. The quantitative estimate of drug-likeness (QED) is 0.368. The lowest BCUT2D eigenvalue weighted by molar-refractivity contribution is -0.124. The number of methoxy groups -OCH3 is 1. The topological polar surface area (TPSA) is 104 Å². The van der Waals surface area contributed by atoms with E-state index in [9.17, 15) is 9.59 Å². The lowest BCUT2D eigenvalue weighted by Crippen LogP contribution is -2.42. The molecule has 8 nitrogen and oxygen atoms in total. The highest BCUT2D eigenvalue weighted by molar-refractivity contribution is 5.94. The smallest absolute Gasteiger partial charge is 0.267 e. The molecule has 3 rings (SSSR count). The Kier molecular flexibility index (Phi) is 8.64. The fourth-order valence-electron chi connectivity index (χ4n) is 3.15. The summed E-state index contributed by atoms with van der Waals surface area (Å²) in [6, 6.07) is 11.1. The van der Waals surface area contributed by atoms with Crippen LogP contribution in [0.15, 0.2) is 48.7 Å². The molecule has 2 aromatic rings. The van der Waals surface area contributed by atoms with Gasteiger partial charge in [0.05, 0.1) is 7.11 Å². The first kappa shape index (κ1) is 23.2. The van der Waals surface area contributed by atoms with Gasteiger partial charge in [0.25, 0.3) is 11.8 Å². The van der Waals surface area contributed by atoms with Crippen molar-refractivity contribution in [2.75, 3.05) is 25.5 Å². The van der Waals surface area contributed by atoms with Crippen LogP contribution in [0.4, 0.5) is 5.82 Å². The Morgan fingerprint density at radius 2 is 1.87 bits per heavy atom. The van der Waals surface area contributed by atoms with Crippen LogP contribution >= 0.6 is 12.4 Å². The molecule has 0 atom stereocenters. The summed E-state index contributed by atoms with van der Waals surface area (Å²) >= 11 is 0. The molecule has 0 bridgehead atoms. The number of benzene rings is 1. The predicted molar refractivity (Wildman–Crippen MR) is 116 cm³/mol. The minimum absolute atomic E-state index is 0. The van der Waals surface area contributed by atoms with Crippen molar-refractivity contribution in [3.63, 3.8) is 0 Å². The van der Waals surface area contributed by atoms with Crippen molar-refractivity contribution in [2.24, 2.45) is 0 Å². The third-order valence-electron chi connectivity index (χ3n) is 4.79. The van der Waals surface area contributed by atoms with E-state index in [1.165, 1.54) is 11.6 Å². The third kappa shape index (κ3) is 6.20. The number of likely N-dealkylation sites (tertiary alicyclic amines) is 1. The van der Waals surface area contributed by atoms with Crippen LogP contribution in [0.1, 0.15) is 28.8 Å². The Morgan fingerprint density at radius 1 is 1.17 bits per heavy atom. The highest BCUT2D eigenvalue weighted by Gasteiger charge is 2.23. The number of nitrogens with one attached hydrogen (secondary N) is 2. The van der Waals surface area contributed by atoms with Gasteiger partial charge in [-0.15, -0.1) is 12.4 Å². The monoisotopic (exact) mass is 432 g/mol. The summed E-state index contributed by atoms with van der Waals surface area (Å²) in [5.74, 6) is 0.916. The molecule has 0 unspecified atom stereocenters. The highest BCUT2D eigenvalue weighted by atomic mass is 35.5. The molecule has 1 saturated heterocycles. The second-order valence-corrected chi connectivity index (χ2v) is 6.73. The predicted octanol–water partition coefficient (Wildman–Crippen LogP) is 2.75. The van der Waals surface area contributed by atoms with Crippen molar-refractivity contribution >= 4 is 36.1 Å². The molecule has 1 fully saturated rings. The number of piperidine rings is 1. The molecule has 0 radical (unpaired) electrons. The van der Waals surface area contributed by atoms with Gasteiger partial charge < -0.3 is 15.0 Å². The largest absolute Gasteiger partial charge is 0.497 e. The van der Waals surface area contributed by atoms with Crippen molar-refractivity contribution in [1.29, 1.82) is 0 Å². The molecule has 160 valence electrons. The maximum atomic E-state index is 12.6. The average molecular weight is 433 g/mol. The Hall–Kier alpha value is -3.10. The molecule has 0 saturated carbocycles. The number of carbonyl (C=O) groups is 2. The number of hydrogen-bond donors (Lipinski definition) is 3. The van der Waals surface area contributed by atoms with Crippen LogP contribution in [0.25, 0.3) is 6.08 Å². The van der Waals surface area contributed by atoms with E-state index in [0.717, 1.165) is 30.0 Å². The van der Waals surface area contributed by atoms with Gasteiger partial charge in [-0.25, -0.2) is 10.5 Å². The van der Waals surface area contributed by atoms with E-state index in [0.29, 0.717) is 18.7 Å². The normalized spacial score (nSPS) is 14.1. The van der Waals surface area contributed by atoms with Gasteiger partial charge >= 0.3 is 0 Å². The van der Waals surface area contributed by atoms with Gasteiger partial charge in [-0.2, -0.15) is 0 Å². The van der Waals surface area contributed by atoms with Gasteiger partial charge in [-0.1, -0.05) is 0 Å². The maximum Gasteiger partial charge on any atom is 0.267 e. The summed E-state index contributed by atoms with van der Waals surface area (Å²) < 4.78 is 5.13. The minimum atomic E-state index is -0.594. The first-order valence-corrected chi connectivity index (χ1v) is 9.37. The minimum Gasteiger partial charge on any atom is -0.497 e. The van der Waals surface area contributed by atoms with Crippen LogP contribution in [0.5, 0.6) is 5.75 Å². The number of halogens is 1. The van der Waals surface area contributed by atoms with E-state index in [1.807, 2.05) is 17.0 Å². The number of pyridine rings is 1. The van der Waals surface area contributed by atoms with Crippen molar-refractivity contribution in [1.82, 2.24) is 15.4 Å². The lowest BCUT2D eigenvalue weighted by Gasteiger charge is -2.32. The molecule has 1 aromatic carbocycles. The molecule has 0 spiro atoms. The van der Waals surface area contributed by atoms with Crippen LogP contribution in [-0.2, 0) is 4.79 Å². The summed E-state index contributed by atoms with van der Waals surface area (Å²) in [5, 5.41) is 11.9. The zero-order chi connectivity index (χ0) is 20.6. The number of aromatic nitrogens is 1. The lowest BCUT2D eigenvalue weighted by atomic mass is 10.0. The third-order valence-corrected chi connectivity index (χ3v) is 4.79. The molecule has 9 heteroatoms. The summed E-state index contributed by atoms with van der Waals surface area (Å²) in [6.45, 7) is 1.36. The summed E-state index contributed by atoms with van der Waals surface area (Å²) in [5.41, 5.74) is 2.95. The van der Waals surface area contributed by atoms with Crippen LogP contribution in [0.3, 0.4) is 0 Å². The van der Waals surface area contributed by atoms with Gasteiger partial charge in [-0.05, 0) is 60.9 Å². The number of ether oxygens (including phenoxy) is 1. The van der Waals surface area contributed by atoms with Crippen LogP contribution in [0, 0.1) is 0 Å². The van der Waals surface area contributed by atoms with Crippen molar-refractivity contribution in [2.45, 2.75) is 18.9 Å². The maximum absolute atomic E-state index is 12.6. The Bertz CT molecular complexity index is 864. The van der Waals surface area contributed by atoms with Gasteiger partial charge in [0.1, 0.15) is 11.6 Å². The van der Waals surface area contributed by atoms with E-state index >= 15 is 0 Å². The molecule has 30 heavy (non-hydrogen) atoms. The van der Waals surface area contributed by atoms with Crippen molar-refractivity contribution in [3.8, 4) is 5.75 Å². The first-order valence-electron chi connectivity index (χ1n) is 9.37. The number of rotatable bonds is 6. The Morgan fingerprint density at radius 3 is 2.43 bits per heavy atom. The molecule has 2 heterocycles. The first-order chi connectivity index (χ1) is 14.1. The number of hydroxylamine groups is 1. The van der Waals surface area contributed by atoms with Crippen molar-refractivity contribution < 1.29 is 19.5 Å². The Labute approximate surface area is 181 Å². The van der Waals surface area contributed by atoms with Gasteiger partial charge in [0.15, 0.2) is 0 Å². The molecule has 2 amide bonds. The van der Waals surface area contributed by atoms with E-state index in [2.05, 4.69) is 10.3 Å². The molecule has 1 aromatic heterocycles. The molecule has 3 N–H and O–H groups in total. The Balaban J connectivity index is 0.00000320. The molecule has 0 aliphatic carbocycles. The molecular formula is C21H25ClN4O4. The number of anilines is 1. The van der Waals surface area contributed by atoms with Crippen LogP contribution in [0.2, 0.25) is 0 Å². The second kappa shape index (κ2) is 11.2. The number of hydrogen-bond acceptors (Lipinski definition) is 6. The van der Waals surface area contributed by atoms with E-state index in [1.54, 1.807) is 43.6 Å².